The Kier molecular flexibility index (Phi) is 6.74. The second-order valence-electron chi connectivity index (χ2n) is 7.71. The third-order valence-electron chi connectivity index (χ3n) is 5.69. The topological polar surface area (TPSA) is 84.9 Å². The van der Waals surface area contributed by atoms with E-state index in [2.05, 4.69) is 29.6 Å². The number of alkyl carbamates (subject to hydrolysis) is 1. The zero-order valence-electron chi connectivity index (χ0n) is 18.3. The Hall–Kier alpha value is -4.06. The molecule has 0 aromatic heterocycles. The molecule has 0 spiro atoms. The number of amides is 1. The van der Waals surface area contributed by atoms with Gasteiger partial charge < -0.3 is 19.9 Å². The summed E-state index contributed by atoms with van der Waals surface area (Å²) in [5, 5.41) is 11.9. The number of carboxylic acids is 1. The van der Waals surface area contributed by atoms with Crippen molar-refractivity contribution in [1.29, 1.82) is 0 Å². The smallest absolute Gasteiger partial charge is 0.407 e. The molecular formula is C27H25NO5. The van der Waals surface area contributed by atoms with Gasteiger partial charge in [-0.3, -0.25) is 0 Å². The fourth-order valence-corrected chi connectivity index (χ4v) is 4.11. The van der Waals surface area contributed by atoms with E-state index in [0.717, 1.165) is 5.56 Å². The molecule has 168 valence electrons. The number of rotatable bonds is 8. The summed E-state index contributed by atoms with van der Waals surface area (Å²) in [4.78, 5) is 23.4. The predicted molar refractivity (Wildman–Crippen MR) is 127 cm³/mol. The lowest BCUT2D eigenvalue weighted by molar-refractivity contribution is 0.0693. The van der Waals surface area contributed by atoms with Crippen LogP contribution in [0.1, 0.15) is 39.4 Å². The molecule has 0 fully saturated rings. The van der Waals surface area contributed by atoms with Gasteiger partial charge in [0.1, 0.15) is 17.9 Å². The first-order valence-electron chi connectivity index (χ1n) is 10.7. The standard InChI is InChI=1S/C27H25NO5/c1-32-25-16-18(13-14-23(25)26(29)30)8-6-7-15-28-27(31)33-17-24-21-11-4-2-9-19(21)20-10-3-5-12-22(20)24/h2-6,8-14,16,24H,7,15,17H2,1H3,(H,28,31)(H,29,30). The molecule has 1 amide bonds. The maximum Gasteiger partial charge on any atom is 0.407 e. The number of benzene rings is 3. The SMILES string of the molecule is COc1cc(C=CCCNC(=O)OCC2c3ccccc3-c3ccccc32)ccc1C(=O)O. The van der Waals surface area contributed by atoms with Gasteiger partial charge in [-0.05, 0) is 46.4 Å². The van der Waals surface area contributed by atoms with Crippen LogP contribution in [0.4, 0.5) is 4.79 Å². The highest BCUT2D eigenvalue weighted by Gasteiger charge is 2.28. The van der Waals surface area contributed by atoms with Gasteiger partial charge in [0.05, 0.1) is 7.11 Å². The Morgan fingerprint density at radius 2 is 1.67 bits per heavy atom. The molecule has 6 nitrogen and oxygen atoms in total. The van der Waals surface area contributed by atoms with Crippen LogP contribution in [-0.4, -0.2) is 37.4 Å². The number of hydrogen-bond acceptors (Lipinski definition) is 4. The Morgan fingerprint density at radius 1 is 1.00 bits per heavy atom. The van der Waals surface area contributed by atoms with E-state index in [0.29, 0.717) is 18.7 Å². The van der Waals surface area contributed by atoms with Crippen LogP contribution in [-0.2, 0) is 4.74 Å². The lowest BCUT2D eigenvalue weighted by Gasteiger charge is -2.14. The zero-order chi connectivity index (χ0) is 23.2. The number of aromatic carboxylic acids is 1. The number of ether oxygens (including phenoxy) is 2. The number of hydrogen-bond donors (Lipinski definition) is 2. The Morgan fingerprint density at radius 3 is 2.30 bits per heavy atom. The van der Waals surface area contributed by atoms with Gasteiger partial charge in [0.15, 0.2) is 0 Å². The average molecular weight is 443 g/mol. The van der Waals surface area contributed by atoms with Crippen molar-refractivity contribution in [2.75, 3.05) is 20.3 Å². The van der Waals surface area contributed by atoms with E-state index in [1.54, 1.807) is 12.1 Å². The van der Waals surface area contributed by atoms with Gasteiger partial charge in [-0.2, -0.15) is 0 Å². The maximum absolute atomic E-state index is 12.2. The van der Waals surface area contributed by atoms with Crippen molar-refractivity contribution in [3.63, 3.8) is 0 Å². The molecule has 0 bridgehead atoms. The molecule has 0 aliphatic heterocycles. The molecule has 0 heterocycles. The number of methoxy groups -OCH3 is 1. The number of carbonyl (C=O) groups excluding carboxylic acids is 1. The van der Waals surface area contributed by atoms with Crippen LogP contribution in [0.5, 0.6) is 5.75 Å². The fraction of sp³-hybridized carbons (Fsp3) is 0.185. The highest BCUT2D eigenvalue weighted by molar-refractivity contribution is 5.91. The van der Waals surface area contributed by atoms with Crippen molar-refractivity contribution in [2.45, 2.75) is 12.3 Å². The molecule has 0 radical (unpaired) electrons. The average Bonchev–Trinajstić information content (AvgIpc) is 3.16. The Labute approximate surface area is 192 Å². The van der Waals surface area contributed by atoms with Gasteiger partial charge in [0.2, 0.25) is 0 Å². The Bertz CT molecular complexity index is 1160. The van der Waals surface area contributed by atoms with Gasteiger partial charge in [0, 0.05) is 12.5 Å². The molecule has 3 aromatic carbocycles. The van der Waals surface area contributed by atoms with E-state index < -0.39 is 12.1 Å². The van der Waals surface area contributed by atoms with Gasteiger partial charge >= 0.3 is 12.1 Å². The van der Waals surface area contributed by atoms with Crippen LogP contribution < -0.4 is 10.1 Å². The third-order valence-corrected chi connectivity index (χ3v) is 5.69. The van der Waals surface area contributed by atoms with Crippen LogP contribution in [0, 0.1) is 0 Å². The second-order valence-corrected chi connectivity index (χ2v) is 7.71. The minimum absolute atomic E-state index is 0.0341. The summed E-state index contributed by atoms with van der Waals surface area (Å²) in [5.74, 6) is -0.692. The lowest BCUT2D eigenvalue weighted by Crippen LogP contribution is -2.26. The van der Waals surface area contributed by atoms with Gasteiger partial charge in [-0.1, -0.05) is 66.7 Å². The number of carbonyl (C=O) groups is 2. The molecule has 4 rings (SSSR count). The van der Waals surface area contributed by atoms with Crippen molar-refractivity contribution in [1.82, 2.24) is 5.32 Å². The molecule has 0 unspecified atom stereocenters. The summed E-state index contributed by atoms with van der Waals surface area (Å²) >= 11 is 0. The minimum atomic E-state index is -1.03. The molecule has 6 heteroatoms. The first-order valence-corrected chi connectivity index (χ1v) is 10.7. The van der Waals surface area contributed by atoms with Crippen molar-refractivity contribution in [2.24, 2.45) is 0 Å². The van der Waals surface area contributed by atoms with E-state index in [4.69, 9.17) is 14.6 Å². The van der Waals surface area contributed by atoms with Crippen molar-refractivity contribution >= 4 is 18.1 Å². The monoisotopic (exact) mass is 443 g/mol. The van der Waals surface area contributed by atoms with Gasteiger partial charge in [-0.25, -0.2) is 9.59 Å². The van der Waals surface area contributed by atoms with Crippen LogP contribution >= 0.6 is 0 Å². The molecular weight excluding hydrogens is 418 g/mol. The zero-order valence-corrected chi connectivity index (χ0v) is 18.3. The molecule has 2 N–H and O–H groups in total. The highest BCUT2D eigenvalue weighted by atomic mass is 16.5. The summed E-state index contributed by atoms with van der Waals surface area (Å²) in [6.45, 7) is 0.711. The molecule has 3 aromatic rings. The summed E-state index contributed by atoms with van der Waals surface area (Å²) in [7, 11) is 1.44. The maximum atomic E-state index is 12.2. The predicted octanol–water partition coefficient (Wildman–Crippen LogP) is 5.34. The summed E-state index contributed by atoms with van der Waals surface area (Å²) in [5.41, 5.74) is 5.68. The van der Waals surface area contributed by atoms with Crippen molar-refractivity contribution < 1.29 is 24.2 Å². The summed E-state index contributed by atoms with van der Waals surface area (Å²) in [6, 6.07) is 21.3. The van der Waals surface area contributed by atoms with Crippen LogP contribution in [0.25, 0.3) is 17.2 Å². The molecule has 0 saturated carbocycles. The first kappa shape index (κ1) is 22.1. The van der Waals surface area contributed by atoms with E-state index in [9.17, 15) is 9.59 Å². The summed E-state index contributed by atoms with van der Waals surface area (Å²) < 4.78 is 10.7. The van der Waals surface area contributed by atoms with Crippen molar-refractivity contribution in [3.8, 4) is 16.9 Å². The molecule has 1 aliphatic rings. The number of nitrogens with one attached hydrogen (secondary N) is 1. The molecule has 33 heavy (non-hydrogen) atoms. The van der Waals surface area contributed by atoms with Crippen molar-refractivity contribution in [3.05, 3.63) is 95.1 Å². The van der Waals surface area contributed by atoms with Gasteiger partial charge in [0.25, 0.3) is 0 Å². The molecule has 0 atom stereocenters. The number of fused-ring (bicyclic) bond motifs is 3. The van der Waals surface area contributed by atoms with E-state index in [1.807, 2.05) is 36.4 Å². The lowest BCUT2D eigenvalue weighted by atomic mass is 9.98. The molecule has 1 aliphatic carbocycles. The molecule has 0 saturated heterocycles. The number of carboxylic acid groups (broad SMARTS) is 1. The highest BCUT2D eigenvalue weighted by Crippen LogP contribution is 2.44. The summed E-state index contributed by atoms with van der Waals surface area (Å²) in [6.07, 6.45) is 3.91. The van der Waals surface area contributed by atoms with Crippen LogP contribution in [0.2, 0.25) is 0 Å². The first-order chi connectivity index (χ1) is 16.1. The van der Waals surface area contributed by atoms with E-state index >= 15 is 0 Å². The quantitative estimate of drug-likeness (QED) is 0.460. The van der Waals surface area contributed by atoms with Crippen LogP contribution in [0.3, 0.4) is 0 Å². The fourth-order valence-electron chi connectivity index (χ4n) is 4.11. The second kappa shape index (κ2) is 10.0. The third kappa shape index (κ3) is 4.90. The normalized spacial score (nSPS) is 12.3. The van der Waals surface area contributed by atoms with Crippen LogP contribution in [0.15, 0.2) is 72.8 Å². The largest absolute Gasteiger partial charge is 0.496 e. The van der Waals surface area contributed by atoms with E-state index in [-0.39, 0.29) is 18.1 Å². The minimum Gasteiger partial charge on any atom is -0.496 e. The van der Waals surface area contributed by atoms with E-state index in [1.165, 1.54) is 35.4 Å². The Balaban J connectivity index is 1.27. The van der Waals surface area contributed by atoms with Gasteiger partial charge in [-0.15, -0.1) is 0 Å².